The van der Waals surface area contributed by atoms with Gasteiger partial charge in [0.2, 0.25) is 0 Å². The smallest absolute Gasteiger partial charge is 0.0540 e. The quantitative estimate of drug-likeness (QED) is 0.690. The van der Waals surface area contributed by atoms with E-state index in [0.29, 0.717) is 0 Å². The van der Waals surface area contributed by atoms with Crippen LogP contribution in [0, 0.1) is 11.8 Å². The zero-order valence-corrected chi connectivity index (χ0v) is 8.42. The number of aliphatic hydroxyl groups excluding tert-OH is 1. The fourth-order valence-corrected chi connectivity index (χ4v) is 2.00. The van der Waals surface area contributed by atoms with Crippen molar-refractivity contribution >= 4 is 0 Å². The van der Waals surface area contributed by atoms with Crippen LogP contribution in [0.1, 0.15) is 52.4 Å². The van der Waals surface area contributed by atoms with Gasteiger partial charge < -0.3 is 5.11 Å². The van der Waals surface area contributed by atoms with Crippen LogP contribution in [0.3, 0.4) is 0 Å². The highest BCUT2D eigenvalue weighted by atomic mass is 16.3. The molecule has 0 radical (unpaired) electrons. The average Bonchev–Trinajstić information content (AvgIpc) is 2.03. The standard InChI is InChI=1S/C11H22O/c1-9(2)3-4-10-5-7-11(12)8-6-10/h9-12H,3-8H2,1-2H3/t10-,11+. The van der Waals surface area contributed by atoms with Crippen LogP contribution in [-0.2, 0) is 0 Å². The molecule has 0 bridgehead atoms. The zero-order valence-electron chi connectivity index (χ0n) is 8.42. The molecule has 1 aliphatic carbocycles. The minimum absolute atomic E-state index is 0.0142. The van der Waals surface area contributed by atoms with E-state index < -0.39 is 0 Å². The topological polar surface area (TPSA) is 20.2 Å². The van der Waals surface area contributed by atoms with Crippen LogP contribution in [0.2, 0.25) is 0 Å². The third-order valence-electron chi connectivity index (χ3n) is 2.97. The lowest BCUT2D eigenvalue weighted by Gasteiger charge is -2.25. The molecule has 0 aromatic carbocycles. The zero-order chi connectivity index (χ0) is 8.97. The van der Waals surface area contributed by atoms with Crippen LogP contribution in [0.25, 0.3) is 0 Å². The molecule has 0 aromatic rings. The summed E-state index contributed by atoms with van der Waals surface area (Å²) in [5, 5.41) is 9.30. The molecule has 0 heterocycles. The Hall–Kier alpha value is -0.0400. The van der Waals surface area contributed by atoms with Gasteiger partial charge in [-0.25, -0.2) is 0 Å². The fraction of sp³-hybridized carbons (Fsp3) is 1.00. The van der Waals surface area contributed by atoms with Crippen molar-refractivity contribution in [1.29, 1.82) is 0 Å². The highest BCUT2D eigenvalue weighted by Gasteiger charge is 2.18. The maximum Gasteiger partial charge on any atom is 0.0540 e. The fourth-order valence-electron chi connectivity index (χ4n) is 2.00. The van der Waals surface area contributed by atoms with Crippen molar-refractivity contribution in [3.8, 4) is 0 Å². The average molecular weight is 170 g/mol. The molecule has 0 atom stereocenters. The van der Waals surface area contributed by atoms with Gasteiger partial charge in [0.25, 0.3) is 0 Å². The van der Waals surface area contributed by atoms with Crippen molar-refractivity contribution in [1.82, 2.24) is 0 Å². The molecule has 1 fully saturated rings. The molecule has 0 unspecified atom stereocenters. The molecule has 0 aliphatic heterocycles. The van der Waals surface area contributed by atoms with Gasteiger partial charge >= 0.3 is 0 Å². The van der Waals surface area contributed by atoms with E-state index in [4.69, 9.17) is 0 Å². The van der Waals surface area contributed by atoms with Crippen LogP contribution in [0.15, 0.2) is 0 Å². The van der Waals surface area contributed by atoms with Gasteiger partial charge in [-0.05, 0) is 37.5 Å². The second kappa shape index (κ2) is 4.86. The van der Waals surface area contributed by atoms with Gasteiger partial charge in [-0.3, -0.25) is 0 Å². The molecule has 1 heteroatoms. The Morgan fingerprint density at radius 3 is 2.25 bits per heavy atom. The Kier molecular flexibility index (Phi) is 4.07. The summed E-state index contributed by atoms with van der Waals surface area (Å²) in [4.78, 5) is 0. The molecule has 12 heavy (non-hydrogen) atoms. The maximum atomic E-state index is 9.30. The van der Waals surface area contributed by atoms with Gasteiger partial charge in [0.15, 0.2) is 0 Å². The largest absolute Gasteiger partial charge is 0.393 e. The highest BCUT2D eigenvalue weighted by molar-refractivity contribution is 4.71. The third kappa shape index (κ3) is 3.57. The number of rotatable bonds is 3. The SMILES string of the molecule is CC(C)CC[C@H]1CC[C@@H](O)CC1. The molecule has 0 spiro atoms. The predicted octanol–water partition coefficient (Wildman–Crippen LogP) is 2.97. The summed E-state index contributed by atoms with van der Waals surface area (Å²) in [5.74, 6) is 1.76. The van der Waals surface area contributed by atoms with E-state index >= 15 is 0 Å². The van der Waals surface area contributed by atoms with E-state index in [1.54, 1.807) is 0 Å². The van der Waals surface area contributed by atoms with Crippen molar-refractivity contribution < 1.29 is 5.11 Å². The van der Waals surface area contributed by atoms with Gasteiger partial charge in [-0.15, -0.1) is 0 Å². The van der Waals surface area contributed by atoms with Crippen molar-refractivity contribution in [3.63, 3.8) is 0 Å². The van der Waals surface area contributed by atoms with E-state index in [2.05, 4.69) is 13.8 Å². The van der Waals surface area contributed by atoms with Crippen molar-refractivity contribution in [2.45, 2.75) is 58.5 Å². The summed E-state index contributed by atoms with van der Waals surface area (Å²) in [5.41, 5.74) is 0. The Morgan fingerprint density at radius 1 is 1.17 bits per heavy atom. The summed E-state index contributed by atoms with van der Waals surface area (Å²) in [6.07, 6.45) is 7.36. The molecular weight excluding hydrogens is 148 g/mol. The van der Waals surface area contributed by atoms with E-state index in [0.717, 1.165) is 24.7 Å². The van der Waals surface area contributed by atoms with Crippen LogP contribution in [-0.4, -0.2) is 11.2 Å². The van der Waals surface area contributed by atoms with E-state index in [1.807, 2.05) is 0 Å². The summed E-state index contributed by atoms with van der Waals surface area (Å²) in [6, 6.07) is 0. The molecule has 0 aromatic heterocycles. The lowest BCUT2D eigenvalue weighted by atomic mass is 9.83. The first-order valence-corrected chi connectivity index (χ1v) is 5.36. The van der Waals surface area contributed by atoms with Gasteiger partial charge in [0.1, 0.15) is 0 Å². The third-order valence-corrected chi connectivity index (χ3v) is 2.97. The first-order chi connectivity index (χ1) is 5.68. The van der Waals surface area contributed by atoms with Gasteiger partial charge in [-0.1, -0.05) is 26.7 Å². The molecule has 1 nitrogen and oxygen atoms in total. The Morgan fingerprint density at radius 2 is 1.75 bits per heavy atom. The lowest BCUT2D eigenvalue weighted by molar-refractivity contribution is 0.105. The molecule has 72 valence electrons. The van der Waals surface area contributed by atoms with Crippen molar-refractivity contribution in [3.05, 3.63) is 0 Å². The minimum Gasteiger partial charge on any atom is -0.393 e. The van der Waals surface area contributed by atoms with Gasteiger partial charge in [0, 0.05) is 0 Å². The maximum absolute atomic E-state index is 9.30. The summed E-state index contributed by atoms with van der Waals surface area (Å²) >= 11 is 0. The molecule has 1 rings (SSSR count). The molecule has 1 aliphatic rings. The molecule has 0 amide bonds. The van der Waals surface area contributed by atoms with E-state index in [9.17, 15) is 5.11 Å². The van der Waals surface area contributed by atoms with Crippen molar-refractivity contribution in [2.75, 3.05) is 0 Å². The minimum atomic E-state index is 0.0142. The van der Waals surface area contributed by atoms with Crippen LogP contribution in [0.5, 0.6) is 0 Å². The number of hydrogen-bond acceptors (Lipinski definition) is 1. The number of aliphatic hydroxyl groups is 1. The normalized spacial score (nSPS) is 31.0. The Bertz CT molecular complexity index is 112. The van der Waals surface area contributed by atoms with Gasteiger partial charge in [-0.2, -0.15) is 0 Å². The number of hydrogen-bond donors (Lipinski definition) is 1. The Labute approximate surface area is 76.2 Å². The molecule has 1 N–H and O–H groups in total. The lowest BCUT2D eigenvalue weighted by Crippen LogP contribution is -2.18. The van der Waals surface area contributed by atoms with Crippen LogP contribution >= 0.6 is 0 Å². The summed E-state index contributed by atoms with van der Waals surface area (Å²) < 4.78 is 0. The monoisotopic (exact) mass is 170 g/mol. The second-order valence-corrected chi connectivity index (χ2v) is 4.65. The molecule has 0 saturated heterocycles. The predicted molar refractivity (Wildman–Crippen MR) is 52.0 cm³/mol. The highest BCUT2D eigenvalue weighted by Crippen LogP contribution is 2.28. The van der Waals surface area contributed by atoms with Crippen LogP contribution < -0.4 is 0 Å². The van der Waals surface area contributed by atoms with E-state index in [-0.39, 0.29) is 6.10 Å². The Balaban J connectivity index is 2.09. The van der Waals surface area contributed by atoms with E-state index in [1.165, 1.54) is 25.7 Å². The van der Waals surface area contributed by atoms with Crippen molar-refractivity contribution in [2.24, 2.45) is 11.8 Å². The first-order valence-electron chi connectivity index (χ1n) is 5.36. The van der Waals surface area contributed by atoms with Crippen LogP contribution in [0.4, 0.5) is 0 Å². The summed E-state index contributed by atoms with van der Waals surface area (Å²) in [6.45, 7) is 4.58. The molecular formula is C11H22O. The molecule has 1 saturated carbocycles. The van der Waals surface area contributed by atoms with Gasteiger partial charge in [0.05, 0.1) is 6.10 Å². The first kappa shape index (κ1) is 10.0. The summed E-state index contributed by atoms with van der Waals surface area (Å²) in [7, 11) is 0. The second-order valence-electron chi connectivity index (χ2n) is 4.65.